The van der Waals surface area contributed by atoms with Gasteiger partial charge in [-0.05, 0) is 49.2 Å². The number of carbonyl (C=O) groups excluding carboxylic acids is 1. The Hall–Kier alpha value is -2.29. The van der Waals surface area contributed by atoms with E-state index < -0.39 is 15.9 Å². The molecule has 1 amide bonds. The quantitative estimate of drug-likeness (QED) is 0.710. The molecule has 0 aliphatic carbocycles. The van der Waals surface area contributed by atoms with Gasteiger partial charge in [0.2, 0.25) is 10.0 Å². The van der Waals surface area contributed by atoms with Gasteiger partial charge in [0.05, 0.1) is 30.4 Å². The minimum atomic E-state index is -3.67. The normalized spacial score (nSPS) is 15.3. The molecule has 0 saturated carbocycles. The van der Waals surface area contributed by atoms with Gasteiger partial charge < -0.3 is 14.8 Å². The number of amides is 1. The lowest BCUT2D eigenvalue weighted by atomic mass is 10.1. The monoisotopic (exact) mass is 452 g/mol. The molecule has 1 N–H and O–H groups in total. The van der Waals surface area contributed by atoms with Crippen molar-refractivity contribution in [2.45, 2.75) is 30.6 Å². The average molecular weight is 453 g/mol. The highest BCUT2D eigenvalue weighted by Gasteiger charge is 2.26. The van der Waals surface area contributed by atoms with Crippen molar-refractivity contribution in [2.24, 2.45) is 0 Å². The summed E-state index contributed by atoms with van der Waals surface area (Å²) in [4.78, 5) is 13.0. The highest BCUT2D eigenvalue weighted by Crippen LogP contribution is 2.31. The Morgan fingerprint density at radius 1 is 0.967 bits per heavy atom. The Bertz CT molecular complexity index is 1020. The summed E-state index contributed by atoms with van der Waals surface area (Å²) in [6.45, 7) is 0.992. The fourth-order valence-corrected chi connectivity index (χ4v) is 5.14. The molecule has 162 valence electrons. The number of ether oxygens (including phenoxy) is 2. The van der Waals surface area contributed by atoms with Crippen LogP contribution in [0.2, 0.25) is 5.02 Å². The molecule has 0 atom stereocenters. The van der Waals surface area contributed by atoms with E-state index >= 15 is 0 Å². The van der Waals surface area contributed by atoms with Gasteiger partial charge in [-0.2, -0.15) is 4.31 Å². The number of rotatable bonds is 6. The molecule has 7 nitrogen and oxygen atoms in total. The van der Waals surface area contributed by atoms with Crippen molar-refractivity contribution < 1.29 is 22.7 Å². The molecule has 30 heavy (non-hydrogen) atoms. The van der Waals surface area contributed by atoms with Gasteiger partial charge in [-0.1, -0.05) is 24.4 Å². The largest absolute Gasteiger partial charge is 0.496 e. The highest BCUT2D eigenvalue weighted by atomic mass is 35.5. The standard InChI is InChI=1S/C21H25ClN2O5S/c1-28-19-9-7-15(22)13-17(19)21(25)23-18-14-16(8-10-20(18)29-2)30(26,27)24-11-5-3-4-6-12-24/h7-10,13-14H,3-6,11-12H2,1-2H3,(H,23,25). The lowest BCUT2D eigenvalue weighted by molar-refractivity contribution is 0.102. The molecule has 0 unspecified atom stereocenters. The van der Waals surface area contributed by atoms with Gasteiger partial charge in [0, 0.05) is 18.1 Å². The van der Waals surface area contributed by atoms with Crippen LogP contribution in [-0.2, 0) is 10.0 Å². The van der Waals surface area contributed by atoms with Crippen LogP contribution in [0.25, 0.3) is 0 Å². The van der Waals surface area contributed by atoms with Crippen molar-refractivity contribution in [3.63, 3.8) is 0 Å². The van der Waals surface area contributed by atoms with E-state index in [4.69, 9.17) is 21.1 Å². The summed E-state index contributed by atoms with van der Waals surface area (Å²) in [6.07, 6.45) is 3.73. The van der Waals surface area contributed by atoms with Crippen LogP contribution in [0.15, 0.2) is 41.3 Å². The van der Waals surface area contributed by atoms with Crippen molar-refractivity contribution >= 4 is 33.2 Å². The van der Waals surface area contributed by atoms with Crippen molar-refractivity contribution in [3.8, 4) is 11.5 Å². The number of halogens is 1. The first-order chi connectivity index (χ1) is 14.4. The summed E-state index contributed by atoms with van der Waals surface area (Å²) in [5.74, 6) is 0.209. The highest BCUT2D eigenvalue weighted by molar-refractivity contribution is 7.89. The zero-order valence-corrected chi connectivity index (χ0v) is 18.6. The van der Waals surface area contributed by atoms with E-state index in [-0.39, 0.29) is 16.1 Å². The third-order valence-corrected chi connectivity index (χ3v) is 7.16. The molecule has 1 fully saturated rings. The predicted octanol–water partition coefficient (Wildman–Crippen LogP) is 4.17. The Morgan fingerprint density at radius 2 is 1.60 bits per heavy atom. The number of carbonyl (C=O) groups is 1. The smallest absolute Gasteiger partial charge is 0.259 e. The number of sulfonamides is 1. The Balaban J connectivity index is 1.93. The van der Waals surface area contributed by atoms with Crippen LogP contribution in [0.3, 0.4) is 0 Å². The summed E-state index contributed by atoms with van der Waals surface area (Å²) >= 11 is 6.02. The predicted molar refractivity (Wildman–Crippen MR) is 116 cm³/mol. The molecule has 1 aliphatic heterocycles. The zero-order chi connectivity index (χ0) is 21.7. The fourth-order valence-electron chi connectivity index (χ4n) is 3.42. The van der Waals surface area contributed by atoms with Crippen LogP contribution in [0, 0.1) is 0 Å². The van der Waals surface area contributed by atoms with Gasteiger partial charge in [0.25, 0.3) is 5.91 Å². The Kier molecular flexibility index (Phi) is 7.23. The third-order valence-electron chi connectivity index (χ3n) is 5.03. The van der Waals surface area contributed by atoms with Crippen LogP contribution in [0.5, 0.6) is 11.5 Å². The van der Waals surface area contributed by atoms with Crippen LogP contribution in [0.4, 0.5) is 5.69 Å². The van der Waals surface area contributed by atoms with Crippen LogP contribution in [0.1, 0.15) is 36.0 Å². The SMILES string of the molecule is COc1ccc(S(=O)(=O)N2CCCCCC2)cc1NC(=O)c1cc(Cl)ccc1OC. The number of hydrogen-bond acceptors (Lipinski definition) is 5. The van der Waals surface area contributed by atoms with Gasteiger partial charge >= 0.3 is 0 Å². The molecule has 1 heterocycles. The molecule has 1 saturated heterocycles. The number of nitrogens with one attached hydrogen (secondary N) is 1. The second kappa shape index (κ2) is 9.68. The number of nitrogens with zero attached hydrogens (tertiary/aromatic N) is 1. The molecule has 9 heteroatoms. The minimum Gasteiger partial charge on any atom is -0.496 e. The summed E-state index contributed by atoms with van der Waals surface area (Å²) in [5.41, 5.74) is 0.480. The minimum absolute atomic E-state index is 0.110. The maximum absolute atomic E-state index is 13.1. The van der Waals surface area contributed by atoms with E-state index in [1.807, 2.05) is 0 Å². The first-order valence-corrected chi connectivity index (χ1v) is 11.5. The maximum Gasteiger partial charge on any atom is 0.259 e. The molecule has 1 aliphatic rings. The molecular formula is C21H25ClN2O5S. The maximum atomic E-state index is 13.1. The summed E-state index contributed by atoms with van der Waals surface area (Å²) in [7, 11) is -0.766. The van der Waals surface area contributed by atoms with E-state index in [0.717, 1.165) is 25.7 Å². The molecule has 3 rings (SSSR count). The lowest BCUT2D eigenvalue weighted by Gasteiger charge is -2.21. The first-order valence-electron chi connectivity index (χ1n) is 9.70. The third kappa shape index (κ3) is 4.88. The molecular weight excluding hydrogens is 428 g/mol. The molecule has 0 bridgehead atoms. The van der Waals surface area contributed by atoms with E-state index in [2.05, 4.69) is 5.32 Å². The van der Waals surface area contributed by atoms with E-state index in [1.165, 1.54) is 42.8 Å². The van der Waals surface area contributed by atoms with Gasteiger partial charge in [-0.3, -0.25) is 4.79 Å². The summed E-state index contributed by atoms with van der Waals surface area (Å²) in [5, 5.41) is 3.10. The van der Waals surface area contributed by atoms with Crippen molar-refractivity contribution in [1.29, 1.82) is 0 Å². The molecule has 0 radical (unpaired) electrons. The van der Waals surface area contributed by atoms with Crippen molar-refractivity contribution in [2.75, 3.05) is 32.6 Å². The number of methoxy groups -OCH3 is 2. The van der Waals surface area contributed by atoms with Gasteiger partial charge in [-0.25, -0.2) is 8.42 Å². The summed E-state index contributed by atoms with van der Waals surface area (Å²) < 4.78 is 38.3. The molecule has 0 spiro atoms. The molecule has 2 aromatic carbocycles. The van der Waals surface area contributed by atoms with Crippen molar-refractivity contribution in [3.05, 3.63) is 47.0 Å². The van der Waals surface area contributed by atoms with E-state index in [9.17, 15) is 13.2 Å². The van der Waals surface area contributed by atoms with Crippen LogP contribution in [-0.4, -0.2) is 45.9 Å². The first kappa shape index (κ1) is 22.4. The second-order valence-corrected chi connectivity index (χ2v) is 9.35. The van der Waals surface area contributed by atoms with E-state index in [1.54, 1.807) is 12.1 Å². The number of hydrogen-bond donors (Lipinski definition) is 1. The van der Waals surface area contributed by atoms with Crippen molar-refractivity contribution in [1.82, 2.24) is 4.31 Å². The average Bonchev–Trinajstić information content (AvgIpc) is 3.03. The summed E-state index contributed by atoms with van der Waals surface area (Å²) in [6, 6.07) is 9.15. The fraction of sp³-hybridized carbons (Fsp3) is 0.381. The lowest BCUT2D eigenvalue weighted by Crippen LogP contribution is -2.32. The van der Waals surface area contributed by atoms with Crippen LogP contribution >= 0.6 is 11.6 Å². The van der Waals surface area contributed by atoms with E-state index in [0.29, 0.717) is 29.6 Å². The van der Waals surface area contributed by atoms with Gasteiger partial charge in [-0.15, -0.1) is 0 Å². The topological polar surface area (TPSA) is 84.9 Å². The molecule has 0 aromatic heterocycles. The number of anilines is 1. The Labute approximate surface area is 182 Å². The van der Waals surface area contributed by atoms with Crippen LogP contribution < -0.4 is 14.8 Å². The van der Waals surface area contributed by atoms with Gasteiger partial charge in [0.15, 0.2) is 0 Å². The molecule has 2 aromatic rings. The Morgan fingerprint density at radius 3 is 2.23 bits per heavy atom. The van der Waals surface area contributed by atoms with Gasteiger partial charge in [0.1, 0.15) is 11.5 Å². The zero-order valence-electron chi connectivity index (χ0n) is 17.0. The number of benzene rings is 2. The second-order valence-electron chi connectivity index (χ2n) is 6.98.